The molecule has 1 saturated heterocycles. The lowest BCUT2D eigenvalue weighted by molar-refractivity contribution is 0.161. The lowest BCUT2D eigenvalue weighted by Gasteiger charge is -2.34. The number of phenolic OH excluding ortho intramolecular Hbond substituents is 1. The summed E-state index contributed by atoms with van der Waals surface area (Å²) in [5.41, 5.74) is 1.28. The second-order valence-corrected chi connectivity index (χ2v) is 6.57. The summed E-state index contributed by atoms with van der Waals surface area (Å²) < 4.78 is 0. The van der Waals surface area contributed by atoms with Crippen LogP contribution in [0.1, 0.15) is 51.5 Å². The zero-order chi connectivity index (χ0) is 14.5. The van der Waals surface area contributed by atoms with Gasteiger partial charge in [-0.2, -0.15) is 0 Å². The number of hydrogen-bond acceptors (Lipinski definition) is 2. The van der Waals surface area contributed by atoms with Crippen LogP contribution in [-0.4, -0.2) is 29.6 Å². The van der Waals surface area contributed by atoms with E-state index in [1.807, 2.05) is 12.1 Å². The highest BCUT2D eigenvalue weighted by Crippen LogP contribution is 2.31. The Morgan fingerprint density at radius 1 is 1.30 bits per heavy atom. The van der Waals surface area contributed by atoms with E-state index >= 15 is 0 Å². The number of phenols is 1. The molecule has 2 heteroatoms. The summed E-state index contributed by atoms with van der Waals surface area (Å²) in [6.07, 6.45) is 3.82. The van der Waals surface area contributed by atoms with Gasteiger partial charge in [0.15, 0.2) is 0 Å². The van der Waals surface area contributed by atoms with E-state index in [9.17, 15) is 5.11 Å². The minimum absolute atomic E-state index is 0.389. The summed E-state index contributed by atoms with van der Waals surface area (Å²) in [5, 5.41) is 9.68. The molecule has 1 heterocycles. The Kier molecular flexibility index (Phi) is 5.47. The van der Waals surface area contributed by atoms with Crippen LogP contribution < -0.4 is 0 Å². The molecule has 1 aromatic carbocycles. The number of hydrogen-bond donors (Lipinski definition) is 1. The third-order valence-electron chi connectivity index (χ3n) is 4.85. The van der Waals surface area contributed by atoms with Crippen LogP contribution in [0.2, 0.25) is 0 Å². The van der Waals surface area contributed by atoms with Gasteiger partial charge in [0.1, 0.15) is 5.75 Å². The van der Waals surface area contributed by atoms with Crippen LogP contribution in [0, 0.1) is 11.8 Å². The fourth-order valence-electron chi connectivity index (χ4n) is 3.50. The molecule has 0 amide bonds. The summed E-state index contributed by atoms with van der Waals surface area (Å²) in [7, 11) is 0. The van der Waals surface area contributed by atoms with E-state index in [2.05, 4.69) is 31.7 Å². The molecule has 1 aromatic rings. The first kappa shape index (κ1) is 15.4. The fraction of sp³-hybridized carbons (Fsp3) is 0.667. The monoisotopic (exact) mass is 275 g/mol. The van der Waals surface area contributed by atoms with Crippen molar-refractivity contribution in [1.29, 1.82) is 0 Å². The van der Waals surface area contributed by atoms with Gasteiger partial charge < -0.3 is 10.0 Å². The molecule has 0 radical (unpaired) electrons. The second kappa shape index (κ2) is 7.12. The van der Waals surface area contributed by atoms with Crippen molar-refractivity contribution in [1.82, 2.24) is 4.90 Å². The van der Waals surface area contributed by atoms with Gasteiger partial charge in [-0.1, -0.05) is 32.9 Å². The average molecular weight is 275 g/mol. The van der Waals surface area contributed by atoms with Crippen molar-refractivity contribution >= 4 is 0 Å². The number of rotatable bonds is 5. The number of likely N-dealkylation sites (tertiary alicyclic amines) is 1. The molecule has 2 unspecified atom stereocenters. The highest BCUT2D eigenvalue weighted by Gasteiger charge is 2.23. The van der Waals surface area contributed by atoms with Crippen molar-refractivity contribution in [2.45, 2.75) is 46.0 Å². The standard InChI is InChI=1S/C18H29NO/c1-4-18(16-6-5-7-17(20)12-16)15(3)13-19-10-8-14(2)9-11-19/h5-7,12,14-15,18,20H,4,8-11,13H2,1-3H3. The summed E-state index contributed by atoms with van der Waals surface area (Å²) in [6.45, 7) is 10.7. The molecule has 1 N–H and O–H groups in total. The first-order valence-corrected chi connectivity index (χ1v) is 8.11. The summed E-state index contributed by atoms with van der Waals surface area (Å²) >= 11 is 0. The summed E-state index contributed by atoms with van der Waals surface area (Å²) in [6, 6.07) is 7.81. The maximum absolute atomic E-state index is 9.68. The van der Waals surface area contributed by atoms with E-state index in [-0.39, 0.29) is 0 Å². The largest absolute Gasteiger partial charge is 0.508 e. The number of benzene rings is 1. The Morgan fingerprint density at radius 2 is 2.00 bits per heavy atom. The molecule has 2 rings (SSSR count). The summed E-state index contributed by atoms with van der Waals surface area (Å²) in [5.74, 6) is 2.46. The highest BCUT2D eigenvalue weighted by molar-refractivity contribution is 5.30. The maximum Gasteiger partial charge on any atom is 0.115 e. The molecule has 0 aromatic heterocycles. The third-order valence-corrected chi connectivity index (χ3v) is 4.85. The minimum atomic E-state index is 0.389. The van der Waals surface area contributed by atoms with Crippen LogP contribution in [0.5, 0.6) is 5.75 Å². The Morgan fingerprint density at radius 3 is 2.60 bits per heavy atom. The molecule has 20 heavy (non-hydrogen) atoms. The van der Waals surface area contributed by atoms with Crippen LogP contribution in [-0.2, 0) is 0 Å². The smallest absolute Gasteiger partial charge is 0.115 e. The van der Waals surface area contributed by atoms with Gasteiger partial charge in [0.2, 0.25) is 0 Å². The van der Waals surface area contributed by atoms with Crippen molar-refractivity contribution in [2.75, 3.05) is 19.6 Å². The molecular formula is C18H29NO. The van der Waals surface area contributed by atoms with Crippen molar-refractivity contribution in [2.24, 2.45) is 11.8 Å². The van der Waals surface area contributed by atoms with Gasteiger partial charge >= 0.3 is 0 Å². The fourth-order valence-corrected chi connectivity index (χ4v) is 3.50. The van der Waals surface area contributed by atoms with Crippen LogP contribution in [0.15, 0.2) is 24.3 Å². The topological polar surface area (TPSA) is 23.5 Å². The first-order chi connectivity index (χ1) is 9.60. The Labute approximate surface area is 123 Å². The third kappa shape index (κ3) is 3.99. The van der Waals surface area contributed by atoms with Crippen molar-refractivity contribution < 1.29 is 5.11 Å². The number of piperidine rings is 1. The minimum Gasteiger partial charge on any atom is -0.508 e. The van der Waals surface area contributed by atoms with Crippen molar-refractivity contribution in [3.05, 3.63) is 29.8 Å². The molecule has 0 spiro atoms. The lowest BCUT2D eigenvalue weighted by atomic mass is 9.84. The van der Waals surface area contributed by atoms with E-state index < -0.39 is 0 Å². The van der Waals surface area contributed by atoms with E-state index in [1.165, 1.54) is 38.0 Å². The first-order valence-electron chi connectivity index (χ1n) is 8.11. The van der Waals surface area contributed by atoms with Gasteiger partial charge in [0, 0.05) is 6.54 Å². The zero-order valence-electron chi connectivity index (χ0n) is 13.2. The molecule has 0 aliphatic carbocycles. The SMILES string of the molecule is CCC(c1cccc(O)c1)C(C)CN1CCC(C)CC1. The quantitative estimate of drug-likeness (QED) is 0.868. The molecule has 1 aliphatic heterocycles. The molecule has 2 nitrogen and oxygen atoms in total. The van der Waals surface area contributed by atoms with E-state index in [0.717, 1.165) is 12.3 Å². The Hall–Kier alpha value is -1.02. The van der Waals surface area contributed by atoms with Gasteiger partial charge in [-0.3, -0.25) is 0 Å². The zero-order valence-corrected chi connectivity index (χ0v) is 13.2. The molecule has 0 bridgehead atoms. The average Bonchev–Trinajstić information content (AvgIpc) is 2.42. The van der Waals surface area contributed by atoms with E-state index in [0.29, 0.717) is 17.6 Å². The normalized spacial score (nSPS) is 20.8. The molecule has 1 aliphatic rings. The van der Waals surface area contributed by atoms with Crippen LogP contribution in [0.3, 0.4) is 0 Å². The van der Waals surface area contributed by atoms with Gasteiger partial charge in [-0.25, -0.2) is 0 Å². The van der Waals surface area contributed by atoms with Gasteiger partial charge in [0.05, 0.1) is 0 Å². The molecule has 0 saturated carbocycles. The molecule has 112 valence electrons. The second-order valence-electron chi connectivity index (χ2n) is 6.57. The van der Waals surface area contributed by atoms with E-state index in [4.69, 9.17) is 0 Å². The Bertz CT molecular complexity index is 410. The molecule has 2 atom stereocenters. The van der Waals surface area contributed by atoms with Crippen LogP contribution in [0.25, 0.3) is 0 Å². The van der Waals surface area contributed by atoms with Crippen molar-refractivity contribution in [3.63, 3.8) is 0 Å². The van der Waals surface area contributed by atoms with Crippen LogP contribution in [0.4, 0.5) is 0 Å². The van der Waals surface area contributed by atoms with E-state index in [1.54, 1.807) is 6.07 Å². The van der Waals surface area contributed by atoms with Crippen molar-refractivity contribution in [3.8, 4) is 5.75 Å². The van der Waals surface area contributed by atoms with Gasteiger partial charge in [-0.05, 0) is 67.8 Å². The molecule has 1 fully saturated rings. The predicted octanol–water partition coefficient (Wildman–Crippen LogP) is 4.25. The lowest BCUT2D eigenvalue weighted by Crippen LogP contribution is -2.37. The summed E-state index contributed by atoms with van der Waals surface area (Å²) in [4.78, 5) is 2.62. The Balaban J connectivity index is 1.97. The van der Waals surface area contributed by atoms with Gasteiger partial charge in [0.25, 0.3) is 0 Å². The van der Waals surface area contributed by atoms with Gasteiger partial charge in [-0.15, -0.1) is 0 Å². The number of aromatic hydroxyl groups is 1. The van der Waals surface area contributed by atoms with Crippen LogP contribution >= 0.6 is 0 Å². The molecular weight excluding hydrogens is 246 g/mol. The highest BCUT2D eigenvalue weighted by atomic mass is 16.3. The maximum atomic E-state index is 9.68. The number of nitrogens with zero attached hydrogens (tertiary/aromatic N) is 1. The predicted molar refractivity (Wildman–Crippen MR) is 85.1 cm³/mol.